The fourth-order valence-corrected chi connectivity index (χ4v) is 1.50. The fourth-order valence-electron chi connectivity index (χ4n) is 1.50. The Kier molecular flexibility index (Phi) is 3.54. The van der Waals surface area contributed by atoms with Crippen LogP contribution in [0.15, 0.2) is 30.6 Å². The van der Waals surface area contributed by atoms with Crippen LogP contribution in [0.4, 0.5) is 5.82 Å². The van der Waals surface area contributed by atoms with Crippen LogP contribution >= 0.6 is 0 Å². The molecule has 0 fully saturated rings. The normalized spacial score (nSPS) is 10.1. The molecule has 0 aromatic carbocycles. The minimum atomic E-state index is -0.185. The molecule has 0 radical (unpaired) electrons. The molecule has 7 nitrogen and oxygen atoms in total. The quantitative estimate of drug-likeness (QED) is 0.522. The number of nitrogens with zero attached hydrogens (tertiary/aromatic N) is 3. The van der Waals surface area contributed by atoms with Crippen molar-refractivity contribution in [2.24, 2.45) is 12.9 Å². The molecule has 0 saturated carbocycles. The number of rotatable bonds is 4. The van der Waals surface area contributed by atoms with E-state index < -0.39 is 0 Å². The Morgan fingerprint density at radius 2 is 2.28 bits per heavy atom. The van der Waals surface area contributed by atoms with Crippen LogP contribution in [0.3, 0.4) is 0 Å². The van der Waals surface area contributed by atoms with Gasteiger partial charge in [-0.15, -0.1) is 0 Å². The van der Waals surface area contributed by atoms with Crippen molar-refractivity contribution in [3.05, 3.63) is 41.9 Å². The van der Waals surface area contributed by atoms with Gasteiger partial charge in [-0.05, 0) is 18.2 Å². The van der Waals surface area contributed by atoms with Crippen molar-refractivity contribution in [3.8, 4) is 0 Å². The van der Waals surface area contributed by atoms with Gasteiger partial charge >= 0.3 is 0 Å². The molecule has 0 unspecified atom stereocenters. The molecule has 2 aromatic heterocycles. The number of nitrogens with two attached hydrogens (primary N) is 1. The van der Waals surface area contributed by atoms with E-state index in [1.165, 1.54) is 6.20 Å². The molecule has 1 amide bonds. The number of aromatic nitrogens is 3. The molecule has 0 aliphatic rings. The number of hydrogen-bond acceptors (Lipinski definition) is 5. The van der Waals surface area contributed by atoms with Gasteiger partial charge in [0.05, 0.1) is 12.2 Å². The molecule has 0 aliphatic heterocycles. The molecule has 2 aromatic rings. The summed E-state index contributed by atoms with van der Waals surface area (Å²) in [4.78, 5) is 15.8. The minimum absolute atomic E-state index is 0.185. The molecule has 7 heteroatoms. The van der Waals surface area contributed by atoms with Crippen LogP contribution < -0.4 is 16.6 Å². The van der Waals surface area contributed by atoms with Gasteiger partial charge in [0.1, 0.15) is 5.82 Å². The standard InChI is InChI=1S/C11H14N6O/c1-17-9(3-5-15-17)7-14-11(18)8-2-4-13-10(6-8)16-12/h2-6H,7,12H2,1H3,(H,13,16)(H,14,18). The van der Waals surface area contributed by atoms with E-state index in [-0.39, 0.29) is 5.91 Å². The Morgan fingerprint density at radius 1 is 1.44 bits per heavy atom. The summed E-state index contributed by atoms with van der Waals surface area (Å²) in [7, 11) is 1.82. The maximum atomic E-state index is 11.9. The summed E-state index contributed by atoms with van der Waals surface area (Å²) < 4.78 is 1.71. The number of amides is 1. The van der Waals surface area contributed by atoms with Gasteiger partial charge in [-0.2, -0.15) is 5.10 Å². The summed E-state index contributed by atoms with van der Waals surface area (Å²) in [5, 5.41) is 6.82. The molecular weight excluding hydrogens is 232 g/mol. The Bertz CT molecular complexity index is 550. The Labute approximate surface area is 104 Å². The first-order valence-corrected chi connectivity index (χ1v) is 5.38. The van der Waals surface area contributed by atoms with E-state index in [1.807, 2.05) is 13.1 Å². The summed E-state index contributed by atoms with van der Waals surface area (Å²) in [6.07, 6.45) is 3.21. The molecule has 18 heavy (non-hydrogen) atoms. The fraction of sp³-hybridized carbons (Fsp3) is 0.182. The van der Waals surface area contributed by atoms with Gasteiger partial charge in [-0.1, -0.05) is 0 Å². The van der Waals surface area contributed by atoms with Crippen LogP contribution in [0, 0.1) is 0 Å². The topological polar surface area (TPSA) is 97.9 Å². The van der Waals surface area contributed by atoms with Crippen molar-refractivity contribution >= 4 is 11.7 Å². The lowest BCUT2D eigenvalue weighted by molar-refractivity contribution is 0.0950. The number of anilines is 1. The number of hydrogen-bond donors (Lipinski definition) is 3. The van der Waals surface area contributed by atoms with Crippen molar-refractivity contribution < 1.29 is 4.79 Å². The zero-order valence-corrected chi connectivity index (χ0v) is 9.92. The lowest BCUT2D eigenvalue weighted by atomic mass is 10.2. The van der Waals surface area contributed by atoms with Gasteiger partial charge in [0.15, 0.2) is 0 Å². The molecule has 2 rings (SSSR count). The van der Waals surface area contributed by atoms with Crippen molar-refractivity contribution in [1.29, 1.82) is 0 Å². The van der Waals surface area contributed by atoms with Gasteiger partial charge < -0.3 is 10.7 Å². The predicted octanol–water partition coefficient (Wildman–Crippen LogP) is 0.0307. The number of pyridine rings is 1. The highest BCUT2D eigenvalue weighted by molar-refractivity contribution is 5.94. The first-order valence-electron chi connectivity index (χ1n) is 5.38. The van der Waals surface area contributed by atoms with Gasteiger partial charge in [0, 0.05) is 25.0 Å². The highest BCUT2D eigenvalue weighted by Crippen LogP contribution is 2.05. The monoisotopic (exact) mass is 246 g/mol. The maximum Gasteiger partial charge on any atom is 0.251 e. The number of carbonyl (C=O) groups is 1. The predicted molar refractivity (Wildman–Crippen MR) is 66.4 cm³/mol. The summed E-state index contributed by atoms with van der Waals surface area (Å²) >= 11 is 0. The van der Waals surface area contributed by atoms with E-state index in [9.17, 15) is 4.79 Å². The number of hydrazine groups is 1. The second-order valence-corrected chi connectivity index (χ2v) is 3.70. The third-order valence-corrected chi connectivity index (χ3v) is 2.52. The second kappa shape index (κ2) is 5.28. The zero-order chi connectivity index (χ0) is 13.0. The zero-order valence-electron chi connectivity index (χ0n) is 9.92. The molecule has 0 atom stereocenters. The Balaban J connectivity index is 2.01. The molecule has 0 aliphatic carbocycles. The van der Waals surface area contributed by atoms with Crippen LogP contribution in [0.1, 0.15) is 16.1 Å². The van der Waals surface area contributed by atoms with E-state index in [0.29, 0.717) is 17.9 Å². The average Bonchev–Trinajstić information content (AvgIpc) is 2.81. The maximum absolute atomic E-state index is 11.9. The first kappa shape index (κ1) is 12.1. The summed E-state index contributed by atoms with van der Waals surface area (Å²) in [5.74, 6) is 5.50. The Morgan fingerprint density at radius 3 is 2.94 bits per heavy atom. The van der Waals surface area contributed by atoms with E-state index >= 15 is 0 Å². The molecule has 0 saturated heterocycles. The van der Waals surface area contributed by atoms with E-state index in [0.717, 1.165) is 5.69 Å². The SMILES string of the molecule is Cn1nccc1CNC(=O)c1ccnc(NN)c1. The summed E-state index contributed by atoms with van der Waals surface area (Å²) in [6.45, 7) is 0.420. The lowest BCUT2D eigenvalue weighted by Gasteiger charge is -2.06. The van der Waals surface area contributed by atoms with Crippen molar-refractivity contribution in [1.82, 2.24) is 20.1 Å². The van der Waals surface area contributed by atoms with Crippen molar-refractivity contribution in [2.75, 3.05) is 5.43 Å². The van der Waals surface area contributed by atoms with Crippen LogP contribution in [0.2, 0.25) is 0 Å². The summed E-state index contributed by atoms with van der Waals surface area (Å²) in [5.41, 5.74) is 3.82. The van der Waals surface area contributed by atoms with Gasteiger partial charge in [0.25, 0.3) is 5.91 Å². The van der Waals surface area contributed by atoms with Crippen LogP contribution in [0.5, 0.6) is 0 Å². The second-order valence-electron chi connectivity index (χ2n) is 3.70. The summed E-state index contributed by atoms with van der Waals surface area (Å²) in [6, 6.07) is 5.05. The third kappa shape index (κ3) is 2.64. The van der Waals surface area contributed by atoms with Crippen molar-refractivity contribution in [3.63, 3.8) is 0 Å². The van der Waals surface area contributed by atoms with Crippen molar-refractivity contribution in [2.45, 2.75) is 6.54 Å². The van der Waals surface area contributed by atoms with Gasteiger partial charge in [0.2, 0.25) is 0 Å². The van der Waals surface area contributed by atoms with E-state index in [2.05, 4.69) is 20.8 Å². The van der Waals surface area contributed by atoms with Crippen LogP contribution in [-0.4, -0.2) is 20.7 Å². The molecular formula is C11H14N6O. The number of nitrogen functional groups attached to an aromatic ring is 1. The van der Waals surface area contributed by atoms with E-state index in [4.69, 9.17) is 5.84 Å². The van der Waals surface area contributed by atoms with Crippen LogP contribution in [0.25, 0.3) is 0 Å². The highest BCUT2D eigenvalue weighted by Gasteiger charge is 2.07. The van der Waals surface area contributed by atoms with Crippen LogP contribution in [-0.2, 0) is 13.6 Å². The number of nitrogens with one attached hydrogen (secondary N) is 2. The molecule has 4 N–H and O–H groups in total. The van der Waals surface area contributed by atoms with E-state index in [1.54, 1.807) is 23.0 Å². The molecule has 94 valence electrons. The lowest BCUT2D eigenvalue weighted by Crippen LogP contribution is -2.24. The Hall–Kier alpha value is -2.41. The number of aryl methyl sites for hydroxylation is 1. The average molecular weight is 246 g/mol. The first-order chi connectivity index (χ1) is 8.70. The van der Waals surface area contributed by atoms with Gasteiger partial charge in [-0.3, -0.25) is 9.48 Å². The molecule has 0 spiro atoms. The third-order valence-electron chi connectivity index (χ3n) is 2.52. The smallest absolute Gasteiger partial charge is 0.251 e. The molecule has 0 bridgehead atoms. The number of carbonyl (C=O) groups excluding carboxylic acids is 1. The molecule has 2 heterocycles. The highest BCUT2D eigenvalue weighted by atomic mass is 16.1. The minimum Gasteiger partial charge on any atom is -0.346 e. The largest absolute Gasteiger partial charge is 0.346 e. The van der Waals surface area contributed by atoms with Gasteiger partial charge in [-0.25, -0.2) is 10.8 Å².